The van der Waals surface area contributed by atoms with Crippen molar-refractivity contribution in [1.29, 1.82) is 0 Å². The first kappa shape index (κ1) is 15.1. The number of hydrogen-bond donors (Lipinski definition) is 1. The molecule has 0 bridgehead atoms. The van der Waals surface area contributed by atoms with Crippen molar-refractivity contribution >= 4 is 11.7 Å². The molecule has 1 amide bonds. The first-order valence-corrected chi connectivity index (χ1v) is 7.11. The lowest BCUT2D eigenvalue weighted by Gasteiger charge is -2.12. The highest BCUT2D eigenvalue weighted by atomic mass is 16.5. The summed E-state index contributed by atoms with van der Waals surface area (Å²) >= 11 is 0. The van der Waals surface area contributed by atoms with E-state index in [9.17, 15) is 4.79 Å². The van der Waals surface area contributed by atoms with E-state index in [0.717, 1.165) is 11.4 Å². The summed E-state index contributed by atoms with van der Waals surface area (Å²) < 4.78 is 7.17. The van der Waals surface area contributed by atoms with Gasteiger partial charge in [0.1, 0.15) is 11.6 Å². The highest BCUT2D eigenvalue weighted by Gasteiger charge is 2.12. The summed E-state index contributed by atoms with van der Waals surface area (Å²) in [6.07, 6.45) is 0. The standard InChI is InChI=1S/C16H21N3O2/c1-5-21-14-8-6-13(7-9-14)16(20)17-15-10-12(4)18-19(15)11(2)3/h6-11H,5H2,1-4H3,(H,17,20). The summed E-state index contributed by atoms with van der Waals surface area (Å²) in [6.45, 7) is 8.50. The van der Waals surface area contributed by atoms with Crippen LogP contribution >= 0.6 is 0 Å². The number of aryl methyl sites for hydroxylation is 1. The number of amides is 1. The van der Waals surface area contributed by atoms with Gasteiger partial charge in [0.15, 0.2) is 0 Å². The van der Waals surface area contributed by atoms with Gasteiger partial charge in [-0.25, -0.2) is 4.68 Å². The van der Waals surface area contributed by atoms with Crippen LogP contribution in [0, 0.1) is 6.92 Å². The molecule has 2 rings (SSSR count). The smallest absolute Gasteiger partial charge is 0.256 e. The van der Waals surface area contributed by atoms with Crippen molar-refractivity contribution in [3.05, 3.63) is 41.6 Å². The average molecular weight is 287 g/mol. The fraction of sp³-hybridized carbons (Fsp3) is 0.375. The molecule has 112 valence electrons. The lowest BCUT2D eigenvalue weighted by atomic mass is 10.2. The van der Waals surface area contributed by atoms with E-state index in [1.807, 2.05) is 38.4 Å². The third kappa shape index (κ3) is 3.62. The molecule has 0 fully saturated rings. The highest BCUT2D eigenvalue weighted by Crippen LogP contribution is 2.18. The Hall–Kier alpha value is -2.30. The Kier molecular flexibility index (Phi) is 4.62. The minimum atomic E-state index is -0.153. The van der Waals surface area contributed by atoms with Crippen molar-refractivity contribution in [1.82, 2.24) is 9.78 Å². The largest absolute Gasteiger partial charge is 0.494 e. The number of carbonyl (C=O) groups is 1. The number of aromatic nitrogens is 2. The van der Waals surface area contributed by atoms with Crippen molar-refractivity contribution in [3.8, 4) is 5.75 Å². The van der Waals surface area contributed by atoms with E-state index in [1.54, 1.807) is 24.3 Å². The number of benzene rings is 1. The maximum atomic E-state index is 12.3. The van der Waals surface area contributed by atoms with Crippen LogP contribution in [0.3, 0.4) is 0 Å². The number of anilines is 1. The Morgan fingerprint density at radius 2 is 2.00 bits per heavy atom. The van der Waals surface area contributed by atoms with E-state index in [-0.39, 0.29) is 11.9 Å². The Morgan fingerprint density at radius 1 is 1.33 bits per heavy atom. The number of ether oxygens (including phenoxy) is 1. The molecule has 0 unspecified atom stereocenters. The van der Waals surface area contributed by atoms with E-state index < -0.39 is 0 Å². The second kappa shape index (κ2) is 6.43. The second-order valence-electron chi connectivity index (χ2n) is 5.12. The second-order valence-corrected chi connectivity index (χ2v) is 5.12. The highest BCUT2D eigenvalue weighted by molar-refractivity contribution is 6.03. The van der Waals surface area contributed by atoms with Gasteiger partial charge in [0, 0.05) is 17.7 Å². The van der Waals surface area contributed by atoms with Crippen LogP contribution < -0.4 is 10.1 Å². The summed E-state index contributed by atoms with van der Waals surface area (Å²) in [6, 6.07) is 9.15. The molecule has 21 heavy (non-hydrogen) atoms. The molecule has 2 aromatic rings. The third-order valence-electron chi connectivity index (χ3n) is 3.02. The monoisotopic (exact) mass is 287 g/mol. The molecule has 1 aromatic carbocycles. The fourth-order valence-electron chi connectivity index (χ4n) is 2.06. The van der Waals surface area contributed by atoms with Crippen molar-refractivity contribution in [2.75, 3.05) is 11.9 Å². The molecular weight excluding hydrogens is 266 g/mol. The molecule has 0 spiro atoms. The number of nitrogens with one attached hydrogen (secondary N) is 1. The average Bonchev–Trinajstić information content (AvgIpc) is 2.81. The molecular formula is C16H21N3O2. The molecule has 0 saturated heterocycles. The Morgan fingerprint density at radius 3 is 2.57 bits per heavy atom. The molecule has 1 aromatic heterocycles. The van der Waals surface area contributed by atoms with Gasteiger partial charge in [-0.1, -0.05) is 0 Å². The topological polar surface area (TPSA) is 56.1 Å². The first-order valence-electron chi connectivity index (χ1n) is 7.11. The molecule has 1 heterocycles. The van der Waals surface area contributed by atoms with Crippen LogP contribution in [0.15, 0.2) is 30.3 Å². The number of hydrogen-bond acceptors (Lipinski definition) is 3. The van der Waals surface area contributed by atoms with Gasteiger partial charge in [-0.05, 0) is 52.0 Å². The molecule has 0 saturated carbocycles. The van der Waals surface area contributed by atoms with Crippen LogP contribution in [-0.4, -0.2) is 22.3 Å². The predicted octanol–water partition coefficient (Wildman–Crippen LogP) is 3.42. The van der Waals surface area contributed by atoms with Gasteiger partial charge in [-0.15, -0.1) is 0 Å². The molecule has 0 atom stereocenters. The zero-order valence-electron chi connectivity index (χ0n) is 12.9. The van der Waals surface area contributed by atoms with Crippen LogP contribution in [0.4, 0.5) is 5.82 Å². The Bertz CT molecular complexity index is 615. The number of rotatable bonds is 5. The summed E-state index contributed by atoms with van der Waals surface area (Å²) in [7, 11) is 0. The predicted molar refractivity (Wildman–Crippen MR) is 82.9 cm³/mol. The molecule has 1 N–H and O–H groups in total. The first-order chi connectivity index (χ1) is 10.0. The van der Waals surface area contributed by atoms with Gasteiger partial charge in [-0.3, -0.25) is 4.79 Å². The number of nitrogens with zero attached hydrogens (tertiary/aromatic N) is 2. The lowest BCUT2D eigenvalue weighted by Crippen LogP contribution is -2.16. The molecule has 0 aliphatic heterocycles. The summed E-state index contributed by atoms with van der Waals surface area (Å²) in [5.41, 5.74) is 1.47. The van der Waals surface area contributed by atoms with Gasteiger partial charge in [-0.2, -0.15) is 5.10 Å². The van der Waals surface area contributed by atoms with E-state index >= 15 is 0 Å². The third-order valence-corrected chi connectivity index (χ3v) is 3.02. The van der Waals surface area contributed by atoms with Crippen LogP contribution in [0.2, 0.25) is 0 Å². The van der Waals surface area contributed by atoms with Gasteiger partial charge in [0.05, 0.1) is 12.3 Å². The molecule has 5 heteroatoms. The van der Waals surface area contributed by atoms with Crippen LogP contribution in [0.25, 0.3) is 0 Å². The van der Waals surface area contributed by atoms with Gasteiger partial charge in [0.2, 0.25) is 0 Å². The van der Waals surface area contributed by atoms with Crippen molar-refractivity contribution < 1.29 is 9.53 Å². The zero-order chi connectivity index (χ0) is 15.4. The van der Waals surface area contributed by atoms with Crippen LogP contribution in [-0.2, 0) is 0 Å². The normalized spacial score (nSPS) is 10.7. The minimum absolute atomic E-state index is 0.153. The maximum absolute atomic E-state index is 12.3. The summed E-state index contributed by atoms with van der Waals surface area (Å²) in [5, 5.41) is 7.28. The SMILES string of the molecule is CCOc1ccc(C(=O)Nc2cc(C)nn2C(C)C)cc1. The minimum Gasteiger partial charge on any atom is -0.494 e. The number of carbonyl (C=O) groups excluding carboxylic acids is 1. The van der Waals surface area contributed by atoms with Crippen LogP contribution in [0.1, 0.15) is 42.9 Å². The lowest BCUT2D eigenvalue weighted by molar-refractivity contribution is 0.102. The van der Waals surface area contributed by atoms with E-state index in [4.69, 9.17) is 4.74 Å². The fourth-order valence-corrected chi connectivity index (χ4v) is 2.06. The Labute approximate surface area is 124 Å². The molecule has 0 aliphatic rings. The molecule has 0 radical (unpaired) electrons. The van der Waals surface area contributed by atoms with E-state index in [1.165, 1.54) is 0 Å². The van der Waals surface area contributed by atoms with E-state index in [0.29, 0.717) is 18.0 Å². The Balaban J connectivity index is 2.14. The van der Waals surface area contributed by atoms with Crippen molar-refractivity contribution in [3.63, 3.8) is 0 Å². The van der Waals surface area contributed by atoms with Crippen molar-refractivity contribution in [2.45, 2.75) is 33.7 Å². The quantitative estimate of drug-likeness (QED) is 0.916. The van der Waals surface area contributed by atoms with Gasteiger partial charge in [0.25, 0.3) is 5.91 Å². The molecule has 0 aliphatic carbocycles. The van der Waals surface area contributed by atoms with Crippen molar-refractivity contribution in [2.24, 2.45) is 0 Å². The summed E-state index contributed by atoms with van der Waals surface area (Å²) in [5.74, 6) is 1.32. The van der Waals surface area contributed by atoms with Crippen LogP contribution in [0.5, 0.6) is 5.75 Å². The maximum Gasteiger partial charge on any atom is 0.256 e. The van der Waals surface area contributed by atoms with Gasteiger partial charge >= 0.3 is 0 Å². The summed E-state index contributed by atoms with van der Waals surface area (Å²) in [4.78, 5) is 12.3. The molecule has 5 nitrogen and oxygen atoms in total. The van der Waals surface area contributed by atoms with E-state index in [2.05, 4.69) is 10.4 Å². The zero-order valence-corrected chi connectivity index (χ0v) is 12.9. The van der Waals surface area contributed by atoms with Gasteiger partial charge < -0.3 is 10.1 Å².